The molecule has 1 aliphatic heterocycles. The normalized spacial score (nSPS) is 20.3. The summed E-state index contributed by atoms with van der Waals surface area (Å²) >= 11 is 0. The van der Waals surface area contributed by atoms with Gasteiger partial charge in [-0.05, 0) is 43.9 Å². The Morgan fingerprint density at radius 1 is 1.23 bits per heavy atom. The molecule has 0 spiro atoms. The topological polar surface area (TPSA) is 78.3 Å². The lowest BCUT2D eigenvalue weighted by Gasteiger charge is -2.29. The number of ether oxygens (including phenoxy) is 1. The Bertz CT molecular complexity index is 1000. The number of amides is 1. The highest BCUT2D eigenvalue weighted by atomic mass is 19.3. The van der Waals surface area contributed by atoms with Gasteiger partial charge in [-0.3, -0.25) is 4.90 Å². The van der Waals surface area contributed by atoms with Crippen molar-refractivity contribution >= 4 is 6.09 Å². The Hall–Kier alpha value is -3.19. The van der Waals surface area contributed by atoms with Crippen LogP contribution in [0.3, 0.4) is 0 Å². The van der Waals surface area contributed by atoms with Crippen LogP contribution < -0.4 is 0 Å². The first-order valence-corrected chi connectivity index (χ1v) is 9.78. The fourth-order valence-corrected chi connectivity index (χ4v) is 3.65. The second-order valence-electron chi connectivity index (χ2n) is 8.44. The van der Waals surface area contributed by atoms with E-state index in [0.29, 0.717) is 11.1 Å². The number of halogens is 3. The van der Waals surface area contributed by atoms with Crippen molar-refractivity contribution in [3.63, 3.8) is 0 Å². The summed E-state index contributed by atoms with van der Waals surface area (Å²) in [5.41, 5.74) is 8.99. The molecule has 2 atom stereocenters. The monoisotopic (exact) mass is 432 g/mol. The number of carbonyl (C=O) groups excluding carboxylic acids is 1. The lowest BCUT2D eigenvalue weighted by atomic mass is 9.95. The zero-order valence-electron chi connectivity index (χ0n) is 17.4. The standard InChI is InChI=1S/C22H23F3N4O2/c1-21(2,3)31-20(30)29-13-22(24,25)19(27-28-26)17(29)12-15-10-7-11-16(18(15)23)14-8-5-4-6-9-14/h4-11,17,19H,12-13H2,1-3H3/t17-,19+/m0/s1. The summed E-state index contributed by atoms with van der Waals surface area (Å²) in [6, 6.07) is 10.4. The summed E-state index contributed by atoms with van der Waals surface area (Å²) in [6.07, 6.45) is -1.22. The Balaban J connectivity index is 1.99. The van der Waals surface area contributed by atoms with Crippen molar-refractivity contribution in [2.45, 2.75) is 50.8 Å². The fourth-order valence-electron chi connectivity index (χ4n) is 3.65. The fraction of sp³-hybridized carbons (Fsp3) is 0.409. The number of likely N-dealkylation sites (tertiary alicyclic amines) is 1. The summed E-state index contributed by atoms with van der Waals surface area (Å²) in [5, 5.41) is 3.25. The molecular weight excluding hydrogens is 409 g/mol. The van der Waals surface area contributed by atoms with Gasteiger partial charge in [-0.2, -0.15) is 0 Å². The molecule has 0 N–H and O–H groups in total. The van der Waals surface area contributed by atoms with Gasteiger partial charge < -0.3 is 4.74 Å². The molecule has 1 aliphatic rings. The van der Waals surface area contributed by atoms with Gasteiger partial charge in [-0.1, -0.05) is 53.6 Å². The highest BCUT2D eigenvalue weighted by Crippen LogP contribution is 2.38. The van der Waals surface area contributed by atoms with E-state index in [-0.39, 0.29) is 12.0 Å². The summed E-state index contributed by atoms with van der Waals surface area (Å²) in [4.78, 5) is 16.0. The van der Waals surface area contributed by atoms with Crippen LogP contribution in [0.5, 0.6) is 0 Å². The zero-order chi connectivity index (χ0) is 22.8. The predicted octanol–water partition coefficient (Wildman–Crippen LogP) is 5.97. The number of hydrogen-bond acceptors (Lipinski definition) is 3. The molecule has 1 heterocycles. The Morgan fingerprint density at radius 2 is 1.90 bits per heavy atom. The van der Waals surface area contributed by atoms with Gasteiger partial charge in [-0.25, -0.2) is 18.0 Å². The molecule has 6 nitrogen and oxygen atoms in total. The number of alkyl halides is 2. The molecular formula is C22H23F3N4O2. The molecule has 0 bridgehead atoms. The van der Waals surface area contributed by atoms with Crippen LogP contribution in [-0.4, -0.2) is 41.1 Å². The third kappa shape index (κ3) is 4.94. The number of benzene rings is 2. The van der Waals surface area contributed by atoms with Gasteiger partial charge in [-0.15, -0.1) is 0 Å². The van der Waals surface area contributed by atoms with Crippen molar-refractivity contribution < 1.29 is 22.7 Å². The Morgan fingerprint density at radius 3 is 2.52 bits per heavy atom. The molecule has 0 unspecified atom stereocenters. The molecule has 1 saturated heterocycles. The first kappa shape index (κ1) is 22.5. The van der Waals surface area contributed by atoms with E-state index in [1.165, 1.54) is 6.07 Å². The van der Waals surface area contributed by atoms with E-state index in [0.717, 1.165) is 4.90 Å². The number of carbonyl (C=O) groups is 1. The van der Waals surface area contributed by atoms with Crippen LogP contribution in [0.1, 0.15) is 26.3 Å². The van der Waals surface area contributed by atoms with Crippen molar-refractivity contribution in [2.75, 3.05) is 6.54 Å². The molecule has 3 rings (SSSR count). The van der Waals surface area contributed by atoms with E-state index in [4.69, 9.17) is 10.3 Å². The van der Waals surface area contributed by atoms with Crippen molar-refractivity contribution in [2.24, 2.45) is 5.11 Å². The maximum absolute atomic E-state index is 15.3. The van der Waals surface area contributed by atoms with Crippen LogP contribution in [0.15, 0.2) is 53.6 Å². The highest BCUT2D eigenvalue weighted by molar-refractivity contribution is 5.70. The smallest absolute Gasteiger partial charge is 0.410 e. The summed E-state index contributed by atoms with van der Waals surface area (Å²) in [6.45, 7) is 3.86. The number of rotatable bonds is 4. The van der Waals surface area contributed by atoms with E-state index < -0.39 is 42.1 Å². The van der Waals surface area contributed by atoms with E-state index in [1.54, 1.807) is 63.2 Å². The third-order valence-corrected chi connectivity index (χ3v) is 4.98. The van der Waals surface area contributed by atoms with Gasteiger partial charge in [0.25, 0.3) is 5.92 Å². The van der Waals surface area contributed by atoms with Crippen molar-refractivity contribution in [3.05, 3.63) is 70.4 Å². The van der Waals surface area contributed by atoms with Crippen LogP contribution in [-0.2, 0) is 11.2 Å². The van der Waals surface area contributed by atoms with Crippen LogP contribution in [0.2, 0.25) is 0 Å². The molecule has 0 radical (unpaired) electrons. The molecule has 31 heavy (non-hydrogen) atoms. The summed E-state index contributed by atoms with van der Waals surface area (Å²) in [5.74, 6) is -4.05. The van der Waals surface area contributed by atoms with Gasteiger partial charge in [0.05, 0.1) is 12.6 Å². The van der Waals surface area contributed by atoms with Gasteiger partial charge >= 0.3 is 6.09 Å². The molecule has 0 saturated carbocycles. The van der Waals surface area contributed by atoms with Crippen LogP contribution >= 0.6 is 0 Å². The summed E-state index contributed by atoms with van der Waals surface area (Å²) in [7, 11) is 0. The lowest BCUT2D eigenvalue weighted by Crippen LogP contribution is -2.43. The molecule has 1 fully saturated rings. The molecule has 164 valence electrons. The molecule has 2 aromatic carbocycles. The highest BCUT2D eigenvalue weighted by Gasteiger charge is 2.56. The second kappa shape index (κ2) is 8.51. The first-order valence-electron chi connectivity index (χ1n) is 9.78. The van der Waals surface area contributed by atoms with E-state index in [2.05, 4.69) is 10.0 Å². The van der Waals surface area contributed by atoms with Gasteiger partial charge in [0.15, 0.2) is 0 Å². The Kier molecular flexibility index (Phi) is 6.18. The quantitative estimate of drug-likeness (QED) is 0.339. The van der Waals surface area contributed by atoms with E-state index in [1.807, 2.05) is 0 Å². The number of azide groups is 1. The molecule has 1 amide bonds. The van der Waals surface area contributed by atoms with Crippen LogP contribution in [0.4, 0.5) is 18.0 Å². The molecule has 2 aromatic rings. The van der Waals surface area contributed by atoms with Gasteiger partial charge in [0.1, 0.15) is 17.5 Å². The number of nitrogens with zero attached hydrogens (tertiary/aromatic N) is 4. The lowest BCUT2D eigenvalue weighted by molar-refractivity contribution is -0.00932. The van der Waals surface area contributed by atoms with Crippen molar-refractivity contribution in [1.82, 2.24) is 4.90 Å². The average molecular weight is 432 g/mol. The van der Waals surface area contributed by atoms with Gasteiger partial charge in [0.2, 0.25) is 0 Å². The van der Waals surface area contributed by atoms with Crippen LogP contribution in [0, 0.1) is 5.82 Å². The maximum atomic E-state index is 15.3. The zero-order valence-corrected chi connectivity index (χ0v) is 17.4. The molecule has 0 aromatic heterocycles. The van der Waals surface area contributed by atoms with E-state index in [9.17, 15) is 13.6 Å². The minimum Gasteiger partial charge on any atom is -0.444 e. The van der Waals surface area contributed by atoms with Crippen molar-refractivity contribution in [1.29, 1.82) is 0 Å². The van der Waals surface area contributed by atoms with Gasteiger partial charge in [0, 0.05) is 10.5 Å². The average Bonchev–Trinajstić information content (AvgIpc) is 2.94. The Labute approximate surface area is 178 Å². The SMILES string of the molecule is CC(C)(C)OC(=O)N1CC(F)(F)[C@H](N=[N+]=[N-])[C@@H]1Cc1cccc(-c2ccccc2)c1F. The first-order chi connectivity index (χ1) is 14.5. The minimum absolute atomic E-state index is 0.135. The molecule has 9 heteroatoms. The third-order valence-electron chi connectivity index (χ3n) is 4.98. The maximum Gasteiger partial charge on any atom is 0.410 e. The van der Waals surface area contributed by atoms with Crippen LogP contribution in [0.25, 0.3) is 21.6 Å². The second-order valence-corrected chi connectivity index (χ2v) is 8.44. The predicted molar refractivity (Wildman–Crippen MR) is 110 cm³/mol. The largest absolute Gasteiger partial charge is 0.444 e. The number of hydrogen-bond donors (Lipinski definition) is 0. The van der Waals surface area contributed by atoms with Crippen molar-refractivity contribution in [3.8, 4) is 11.1 Å². The van der Waals surface area contributed by atoms with E-state index >= 15 is 4.39 Å². The summed E-state index contributed by atoms with van der Waals surface area (Å²) < 4.78 is 49.8. The molecule has 0 aliphatic carbocycles. The minimum atomic E-state index is -3.47.